The predicted molar refractivity (Wildman–Crippen MR) is 88.4 cm³/mol. The predicted octanol–water partition coefficient (Wildman–Crippen LogP) is -3.02. The third-order valence-corrected chi connectivity index (χ3v) is 5.92. The number of aliphatic hydroxyl groups excluding tert-OH is 5. The van der Waals surface area contributed by atoms with Crippen molar-refractivity contribution >= 4 is 5.97 Å². The molecule has 28 heavy (non-hydrogen) atoms. The van der Waals surface area contributed by atoms with Crippen LogP contribution in [-0.2, 0) is 23.7 Å². The molecule has 3 aliphatic rings. The third kappa shape index (κ3) is 3.55. The minimum atomic E-state index is -1.67. The van der Waals surface area contributed by atoms with Crippen LogP contribution in [0.4, 0.5) is 0 Å². The van der Waals surface area contributed by atoms with Crippen LogP contribution in [0.15, 0.2) is 0 Å². The van der Waals surface area contributed by atoms with Crippen LogP contribution < -0.4 is 0 Å². The molecule has 0 spiro atoms. The minimum Gasteiger partial charge on any atom is -0.459 e. The van der Waals surface area contributed by atoms with Crippen molar-refractivity contribution in [2.24, 2.45) is 5.92 Å². The van der Waals surface area contributed by atoms with Crippen molar-refractivity contribution in [1.82, 2.24) is 0 Å². The van der Waals surface area contributed by atoms with Gasteiger partial charge in [0.25, 0.3) is 0 Å². The summed E-state index contributed by atoms with van der Waals surface area (Å²) >= 11 is 0. The van der Waals surface area contributed by atoms with Crippen molar-refractivity contribution in [2.75, 3.05) is 13.2 Å². The van der Waals surface area contributed by atoms with Gasteiger partial charge in [-0.2, -0.15) is 0 Å². The molecule has 11 nitrogen and oxygen atoms in total. The van der Waals surface area contributed by atoms with Gasteiger partial charge in [0.15, 0.2) is 12.6 Å². The van der Waals surface area contributed by atoms with Gasteiger partial charge in [0, 0.05) is 19.8 Å². The average molecular weight is 408 g/mol. The Morgan fingerprint density at radius 2 is 1.82 bits per heavy atom. The molecule has 10 atom stereocenters. The molecule has 6 N–H and O–H groups in total. The first-order chi connectivity index (χ1) is 13.0. The topological polar surface area (TPSA) is 175 Å². The number of carbonyl (C=O) groups excluding carboxylic acids is 1. The standard InChI is InChI=1S/C17H28O11/c1-7(19)28-16(2)5-9(20)17(24)3-4-25-15(13(16)17)27-14-12(23)11(22)10(21)8(6-18)26-14/h8-15,18,20-24H,3-6H2,1-2H3/t8-,9-,10-,11+,12-,13+,14+,15+,16+,17+/m1/s1. The van der Waals surface area contributed by atoms with Gasteiger partial charge in [0.2, 0.25) is 0 Å². The summed E-state index contributed by atoms with van der Waals surface area (Å²) < 4.78 is 21.9. The van der Waals surface area contributed by atoms with Crippen LogP contribution in [0.25, 0.3) is 0 Å². The molecule has 11 heteroatoms. The second-order valence-electron chi connectivity index (χ2n) is 7.92. The molecule has 0 aromatic heterocycles. The Morgan fingerprint density at radius 3 is 2.43 bits per heavy atom. The lowest BCUT2D eigenvalue weighted by molar-refractivity contribution is -0.367. The van der Waals surface area contributed by atoms with E-state index in [9.17, 15) is 35.4 Å². The van der Waals surface area contributed by atoms with Gasteiger partial charge >= 0.3 is 5.97 Å². The van der Waals surface area contributed by atoms with Gasteiger partial charge < -0.3 is 49.6 Å². The molecule has 162 valence electrons. The maximum absolute atomic E-state index is 11.6. The number of carbonyl (C=O) groups is 1. The molecule has 0 amide bonds. The highest BCUT2D eigenvalue weighted by atomic mass is 16.8. The number of esters is 1. The van der Waals surface area contributed by atoms with Crippen molar-refractivity contribution < 1.29 is 54.4 Å². The minimum absolute atomic E-state index is 0.0162. The van der Waals surface area contributed by atoms with E-state index in [0.29, 0.717) is 0 Å². The van der Waals surface area contributed by atoms with E-state index in [1.165, 1.54) is 6.92 Å². The second-order valence-corrected chi connectivity index (χ2v) is 7.92. The van der Waals surface area contributed by atoms with E-state index < -0.39 is 72.8 Å². The fraction of sp³-hybridized carbons (Fsp3) is 0.941. The molecule has 1 aliphatic carbocycles. The van der Waals surface area contributed by atoms with Gasteiger partial charge in [-0.05, 0) is 6.92 Å². The summed E-state index contributed by atoms with van der Waals surface area (Å²) in [5.41, 5.74) is -2.99. The number of aliphatic hydroxyl groups is 6. The normalized spacial score (nSPS) is 51.6. The van der Waals surface area contributed by atoms with Crippen LogP contribution in [0.2, 0.25) is 0 Å². The fourth-order valence-electron chi connectivity index (χ4n) is 4.57. The molecule has 2 heterocycles. The van der Waals surface area contributed by atoms with E-state index >= 15 is 0 Å². The van der Waals surface area contributed by atoms with Crippen LogP contribution >= 0.6 is 0 Å². The lowest BCUT2D eigenvalue weighted by Gasteiger charge is -2.47. The summed E-state index contributed by atoms with van der Waals surface area (Å²) in [6.07, 6.45) is -9.98. The molecule has 2 saturated heterocycles. The molecular weight excluding hydrogens is 380 g/mol. The molecule has 1 saturated carbocycles. The Labute approximate surface area is 161 Å². The zero-order chi connectivity index (χ0) is 20.9. The average Bonchev–Trinajstić information content (AvgIpc) is 2.81. The lowest BCUT2D eigenvalue weighted by atomic mass is 9.79. The molecule has 0 unspecified atom stereocenters. The highest BCUT2D eigenvalue weighted by molar-refractivity contribution is 5.66. The summed E-state index contributed by atoms with van der Waals surface area (Å²) in [4.78, 5) is 11.6. The van der Waals surface area contributed by atoms with Crippen LogP contribution in [0.3, 0.4) is 0 Å². The van der Waals surface area contributed by atoms with E-state index in [-0.39, 0.29) is 19.4 Å². The van der Waals surface area contributed by atoms with E-state index in [1.54, 1.807) is 6.92 Å². The SMILES string of the molecule is CC(=O)O[C@@]1(C)C[C@@H](O)[C@@]2(O)CCO[C@@H](O[C@@H]3O[C@H](CO)[C@@H](O)[C@H](O)[C@H]3O)[C@H]21. The van der Waals surface area contributed by atoms with Crippen LogP contribution in [0.1, 0.15) is 26.7 Å². The second kappa shape index (κ2) is 7.74. The third-order valence-electron chi connectivity index (χ3n) is 5.92. The van der Waals surface area contributed by atoms with Crippen LogP contribution in [-0.4, -0.2) is 104 Å². The fourth-order valence-corrected chi connectivity index (χ4v) is 4.57. The Bertz CT molecular complexity index is 585. The lowest BCUT2D eigenvalue weighted by Crippen LogP contribution is -2.63. The quantitative estimate of drug-likeness (QED) is 0.261. The Morgan fingerprint density at radius 1 is 1.14 bits per heavy atom. The molecule has 0 aromatic carbocycles. The molecule has 0 bridgehead atoms. The summed E-state index contributed by atoms with van der Waals surface area (Å²) in [6.45, 7) is 2.13. The Balaban J connectivity index is 1.85. The van der Waals surface area contributed by atoms with Gasteiger partial charge in [-0.1, -0.05) is 0 Å². The largest absolute Gasteiger partial charge is 0.459 e. The first-order valence-corrected chi connectivity index (χ1v) is 9.21. The monoisotopic (exact) mass is 408 g/mol. The first kappa shape index (κ1) is 21.8. The van der Waals surface area contributed by atoms with Crippen molar-refractivity contribution in [2.45, 2.75) is 81.0 Å². The molecule has 3 rings (SSSR count). The van der Waals surface area contributed by atoms with Crippen molar-refractivity contribution in [3.8, 4) is 0 Å². The van der Waals surface area contributed by atoms with Gasteiger partial charge in [0.1, 0.15) is 35.6 Å². The van der Waals surface area contributed by atoms with Gasteiger partial charge in [0.05, 0.1) is 25.2 Å². The van der Waals surface area contributed by atoms with Gasteiger partial charge in [-0.15, -0.1) is 0 Å². The van der Waals surface area contributed by atoms with E-state index in [4.69, 9.17) is 18.9 Å². The van der Waals surface area contributed by atoms with Crippen molar-refractivity contribution in [3.63, 3.8) is 0 Å². The number of ether oxygens (including phenoxy) is 4. The maximum Gasteiger partial charge on any atom is 0.303 e. The molecule has 0 aromatic rings. The molecule has 0 radical (unpaired) electrons. The number of rotatable bonds is 4. The summed E-state index contributed by atoms with van der Waals surface area (Å²) in [5.74, 6) is -1.63. The van der Waals surface area contributed by atoms with Crippen molar-refractivity contribution in [1.29, 1.82) is 0 Å². The highest BCUT2D eigenvalue weighted by Crippen LogP contribution is 2.52. The summed E-state index contributed by atoms with van der Waals surface area (Å²) in [7, 11) is 0. The number of hydrogen-bond donors (Lipinski definition) is 6. The summed E-state index contributed by atoms with van der Waals surface area (Å²) in [6, 6.07) is 0. The van der Waals surface area contributed by atoms with Gasteiger partial charge in [-0.3, -0.25) is 4.79 Å². The zero-order valence-electron chi connectivity index (χ0n) is 15.7. The number of fused-ring (bicyclic) bond motifs is 1. The summed E-state index contributed by atoms with van der Waals surface area (Å²) in [5, 5.41) is 60.8. The zero-order valence-corrected chi connectivity index (χ0v) is 15.7. The van der Waals surface area contributed by atoms with Crippen LogP contribution in [0.5, 0.6) is 0 Å². The molecular formula is C17H28O11. The smallest absolute Gasteiger partial charge is 0.303 e. The van der Waals surface area contributed by atoms with E-state index in [1.807, 2.05) is 0 Å². The number of hydrogen-bond acceptors (Lipinski definition) is 11. The molecule has 3 fully saturated rings. The Kier molecular flexibility index (Phi) is 6.03. The molecule has 2 aliphatic heterocycles. The van der Waals surface area contributed by atoms with E-state index in [2.05, 4.69) is 0 Å². The Hall–Kier alpha value is -0.890. The maximum atomic E-state index is 11.6. The van der Waals surface area contributed by atoms with Gasteiger partial charge in [-0.25, -0.2) is 0 Å². The van der Waals surface area contributed by atoms with Crippen molar-refractivity contribution in [3.05, 3.63) is 0 Å². The first-order valence-electron chi connectivity index (χ1n) is 9.21. The van der Waals surface area contributed by atoms with Crippen LogP contribution in [0, 0.1) is 5.92 Å². The highest BCUT2D eigenvalue weighted by Gasteiger charge is 2.67. The van der Waals surface area contributed by atoms with E-state index in [0.717, 1.165) is 0 Å².